The van der Waals surface area contributed by atoms with Crippen LogP contribution in [-0.2, 0) is 6.54 Å². The zero-order valence-corrected chi connectivity index (χ0v) is 13.1. The zero-order valence-electron chi connectivity index (χ0n) is 13.1. The largest absolute Gasteiger partial charge is 0.273 e. The number of nitrogens with zero attached hydrogens (tertiary/aromatic N) is 5. The standard InChI is InChI=1S/C16H23N5/c1-13(2)21(14(3)4)19-18-16-10-11-17-20(16)12-15-8-6-5-7-9-15/h5-11,13-14H,12H2,1-4H3/b19-18+. The molecule has 0 fully saturated rings. The quantitative estimate of drug-likeness (QED) is 0.593. The van der Waals surface area contributed by atoms with Crippen LogP contribution in [0, 0.1) is 0 Å². The summed E-state index contributed by atoms with van der Waals surface area (Å²) in [5, 5.41) is 15.0. The normalized spacial score (nSPS) is 11.7. The van der Waals surface area contributed by atoms with Gasteiger partial charge in [-0.15, -0.1) is 5.11 Å². The predicted molar refractivity (Wildman–Crippen MR) is 84.4 cm³/mol. The van der Waals surface area contributed by atoms with Gasteiger partial charge in [0.05, 0.1) is 12.7 Å². The number of benzene rings is 1. The molecule has 2 rings (SSSR count). The third kappa shape index (κ3) is 4.15. The van der Waals surface area contributed by atoms with Crippen LogP contribution in [0.2, 0.25) is 0 Å². The fourth-order valence-corrected chi connectivity index (χ4v) is 2.19. The third-order valence-corrected chi connectivity index (χ3v) is 3.18. The second-order valence-electron chi connectivity index (χ2n) is 5.59. The SMILES string of the molecule is CC(C)N(/N=N/c1ccnn1Cc1ccccc1)C(C)C. The van der Waals surface area contributed by atoms with Crippen LogP contribution in [0.4, 0.5) is 5.82 Å². The van der Waals surface area contributed by atoms with Gasteiger partial charge in [-0.25, -0.2) is 4.68 Å². The maximum absolute atomic E-state index is 4.36. The van der Waals surface area contributed by atoms with Crippen LogP contribution in [0.3, 0.4) is 0 Å². The van der Waals surface area contributed by atoms with Crippen LogP contribution in [0.1, 0.15) is 33.3 Å². The van der Waals surface area contributed by atoms with Gasteiger partial charge in [0.2, 0.25) is 0 Å². The van der Waals surface area contributed by atoms with Crippen LogP contribution in [0.5, 0.6) is 0 Å². The molecule has 0 N–H and O–H groups in total. The molecule has 0 amide bonds. The van der Waals surface area contributed by atoms with Gasteiger partial charge in [0.1, 0.15) is 0 Å². The lowest BCUT2D eigenvalue weighted by Crippen LogP contribution is -2.31. The van der Waals surface area contributed by atoms with Gasteiger partial charge in [-0.05, 0) is 33.3 Å². The van der Waals surface area contributed by atoms with Crippen molar-refractivity contribution >= 4 is 5.82 Å². The fourth-order valence-electron chi connectivity index (χ4n) is 2.19. The Balaban J connectivity index is 2.13. The first kappa shape index (κ1) is 15.2. The average Bonchev–Trinajstić information content (AvgIpc) is 2.87. The van der Waals surface area contributed by atoms with E-state index in [0.717, 1.165) is 5.82 Å². The third-order valence-electron chi connectivity index (χ3n) is 3.18. The van der Waals surface area contributed by atoms with Crippen molar-refractivity contribution in [2.24, 2.45) is 10.3 Å². The Bertz CT molecular complexity index is 563. The van der Waals surface area contributed by atoms with Crippen molar-refractivity contribution in [1.82, 2.24) is 14.8 Å². The van der Waals surface area contributed by atoms with Gasteiger partial charge in [-0.3, -0.25) is 5.01 Å². The zero-order chi connectivity index (χ0) is 15.2. The topological polar surface area (TPSA) is 45.8 Å². The number of hydrogen-bond acceptors (Lipinski definition) is 3. The lowest BCUT2D eigenvalue weighted by molar-refractivity contribution is 0.169. The van der Waals surface area contributed by atoms with Crippen molar-refractivity contribution in [3.05, 3.63) is 48.2 Å². The number of aromatic nitrogens is 2. The summed E-state index contributed by atoms with van der Waals surface area (Å²) in [5.41, 5.74) is 1.20. The Morgan fingerprint density at radius 3 is 2.33 bits per heavy atom. The maximum atomic E-state index is 4.36. The Kier molecular flexibility index (Phi) is 5.09. The first-order valence-corrected chi connectivity index (χ1v) is 7.33. The van der Waals surface area contributed by atoms with Crippen LogP contribution >= 0.6 is 0 Å². The molecule has 0 bridgehead atoms. The molecule has 0 aliphatic rings. The minimum Gasteiger partial charge on any atom is -0.273 e. The predicted octanol–water partition coefficient (Wildman–Crippen LogP) is 4.05. The van der Waals surface area contributed by atoms with Gasteiger partial charge in [0, 0.05) is 18.2 Å². The summed E-state index contributed by atoms with van der Waals surface area (Å²) < 4.78 is 1.86. The highest BCUT2D eigenvalue weighted by atomic mass is 15.6. The van der Waals surface area contributed by atoms with Crippen LogP contribution in [0.15, 0.2) is 52.9 Å². The summed E-state index contributed by atoms with van der Waals surface area (Å²) in [6, 6.07) is 12.7. The molecule has 0 unspecified atom stereocenters. The van der Waals surface area contributed by atoms with E-state index in [0.29, 0.717) is 18.6 Å². The minimum absolute atomic E-state index is 0.319. The summed E-state index contributed by atoms with van der Waals surface area (Å²) in [7, 11) is 0. The summed E-state index contributed by atoms with van der Waals surface area (Å²) >= 11 is 0. The molecule has 0 aliphatic carbocycles. The maximum Gasteiger partial charge on any atom is 0.175 e. The van der Waals surface area contributed by atoms with Crippen molar-refractivity contribution in [3.8, 4) is 0 Å². The van der Waals surface area contributed by atoms with E-state index in [1.807, 2.05) is 34.0 Å². The lowest BCUT2D eigenvalue weighted by atomic mass is 10.2. The second kappa shape index (κ2) is 7.02. The van der Waals surface area contributed by atoms with E-state index in [4.69, 9.17) is 0 Å². The molecule has 0 spiro atoms. The molecule has 0 atom stereocenters. The van der Waals surface area contributed by atoms with Gasteiger partial charge in [-0.1, -0.05) is 35.6 Å². The minimum atomic E-state index is 0.319. The van der Waals surface area contributed by atoms with Crippen molar-refractivity contribution in [1.29, 1.82) is 0 Å². The summed E-state index contributed by atoms with van der Waals surface area (Å²) in [4.78, 5) is 0. The molecule has 1 aromatic heterocycles. The summed E-state index contributed by atoms with van der Waals surface area (Å²) in [6.45, 7) is 9.15. The Morgan fingerprint density at radius 1 is 1.05 bits per heavy atom. The molecule has 0 saturated carbocycles. The van der Waals surface area contributed by atoms with Crippen molar-refractivity contribution in [2.75, 3.05) is 0 Å². The average molecular weight is 285 g/mol. The molecule has 21 heavy (non-hydrogen) atoms. The van der Waals surface area contributed by atoms with E-state index in [1.165, 1.54) is 5.56 Å². The molecule has 0 aliphatic heterocycles. The number of hydrogen-bond donors (Lipinski definition) is 0. The molecule has 5 nitrogen and oxygen atoms in total. The van der Waals surface area contributed by atoms with E-state index in [9.17, 15) is 0 Å². The molecular weight excluding hydrogens is 262 g/mol. The second-order valence-corrected chi connectivity index (χ2v) is 5.59. The first-order valence-electron chi connectivity index (χ1n) is 7.33. The van der Waals surface area contributed by atoms with Crippen molar-refractivity contribution in [3.63, 3.8) is 0 Å². The van der Waals surface area contributed by atoms with Gasteiger partial charge >= 0.3 is 0 Å². The molecule has 0 radical (unpaired) electrons. The van der Waals surface area contributed by atoms with Gasteiger partial charge in [-0.2, -0.15) is 5.10 Å². The molecule has 0 saturated heterocycles. The highest BCUT2D eigenvalue weighted by Crippen LogP contribution is 2.16. The highest BCUT2D eigenvalue weighted by Gasteiger charge is 2.11. The monoisotopic (exact) mass is 285 g/mol. The molecule has 2 aromatic rings. The van der Waals surface area contributed by atoms with E-state index in [2.05, 4.69) is 55.3 Å². The van der Waals surface area contributed by atoms with Gasteiger partial charge < -0.3 is 0 Å². The van der Waals surface area contributed by atoms with Gasteiger partial charge in [0.15, 0.2) is 5.82 Å². The summed E-state index contributed by atoms with van der Waals surface area (Å²) in [6.07, 6.45) is 1.76. The van der Waals surface area contributed by atoms with Gasteiger partial charge in [0.25, 0.3) is 0 Å². The first-order chi connectivity index (χ1) is 10.1. The molecule has 1 aromatic carbocycles. The molecule has 5 heteroatoms. The smallest absolute Gasteiger partial charge is 0.175 e. The van der Waals surface area contributed by atoms with E-state index < -0.39 is 0 Å². The fraction of sp³-hybridized carbons (Fsp3) is 0.438. The van der Waals surface area contributed by atoms with Crippen molar-refractivity contribution < 1.29 is 0 Å². The van der Waals surface area contributed by atoms with E-state index >= 15 is 0 Å². The summed E-state index contributed by atoms with van der Waals surface area (Å²) in [5.74, 6) is 0.769. The van der Waals surface area contributed by atoms with E-state index in [-0.39, 0.29) is 0 Å². The van der Waals surface area contributed by atoms with Crippen LogP contribution in [0.25, 0.3) is 0 Å². The number of rotatable bonds is 6. The molecule has 112 valence electrons. The Morgan fingerprint density at radius 2 is 1.71 bits per heavy atom. The lowest BCUT2D eigenvalue weighted by Gasteiger charge is -2.25. The molecular formula is C16H23N5. The molecule has 1 heterocycles. The van der Waals surface area contributed by atoms with Crippen molar-refractivity contribution in [2.45, 2.75) is 46.3 Å². The highest BCUT2D eigenvalue weighted by molar-refractivity contribution is 5.26. The van der Waals surface area contributed by atoms with Crippen LogP contribution < -0.4 is 0 Å². The van der Waals surface area contributed by atoms with Crippen LogP contribution in [-0.4, -0.2) is 26.9 Å². The Labute approximate surface area is 126 Å². The van der Waals surface area contributed by atoms with E-state index in [1.54, 1.807) is 6.20 Å². The Hall–Kier alpha value is -2.17.